The van der Waals surface area contributed by atoms with Gasteiger partial charge in [0.1, 0.15) is 23.0 Å². The third-order valence-corrected chi connectivity index (χ3v) is 4.64. The number of furan rings is 1. The molecule has 28 heavy (non-hydrogen) atoms. The lowest BCUT2D eigenvalue weighted by Gasteiger charge is -2.10. The highest BCUT2D eigenvalue weighted by Crippen LogP contribution is 2.30. The third-order valence-electron chi connectivity index (χ3n) is 4.21. The molecule has 3 aromatic heterocycles. The van der Waals surface area contributed by atoms with Crippen molar-refractivity contribution in [1.29, 1.82) is 5.26 Å². The SMILES string of the molecule is COCCn1c(NC(=O)c2ccc(Br)o2)c(C#N)c2nc3ccccc3nc21. The minimum Gasteiger partial charge on any atom is -0.444 e. The van der Waals surface area contributed by atoms with Crippen molar-refractivity contribution in [3.63, 3.8) is 0 Å². The second-order valence-electron chi connectivity index (χ2n) is 5.92. The lowest BCUT2D eigenvalue weighted by atomic mass is 10.2. The maximum Gasteiger partial charge on any atom is 0.292 e. The second kappa shape index (κ2) is 7.42. The molecule has 140 valence electrons. The van der Waals surface area contributed by atoms with Crippen molar-refractivity contribution in [3.8, 4) is 6.07 Å². The van der Waals surface area contributed by atoms with Gasteiger partial charge in [0.2, 0.25) is 0 Å². The molecule has 0 saturated carbocycles. The number of anilines is 1. The topological polar surface area (TPSA) is 106 Å². The van der Waals surface area contributed by atoms with Crippen molar-refractivity contribution in [3.05, 3.63) is 52.4 Å². The summed E-state index contributed by atoms with van der Waals surface area (Å²) < 4.78 is 12.7. The first kappa shape index (κ1) is 18.2. The predicted octanol–water partition coefficient (Wildman–Crippen LogP) is 3.71. The van der Waals surface area contributed by atoms with E-state index in [-0.39, 0.29) is 11.3 Å². The Labute approximate surface area is 167 Å². The number of amides is 1. The van der Waals surface area contributed by atoms with Gasteiger partial charge in [-0.15, -0.1) is 0 Å². The Morgan fingerprint density at radius 3 is 2.68 bits per heavy atom. The molecule has 0 fully saturated rings. The van der Waals surface area contributed by atoms with Crippen LogP contribution in [0.1, 0.15) is 16.1 Å². The first-order chi connectivity index (χ1) is 13.6. The molecular formula is C19H14BrN5O3. The number of methoxy groups -OCH3 is 1. The fraction of sp³-hybridized carbons (Fsp3) is 0.158. The maximum atomic E-state index is 12.6. The van der Waals surface area contributed by atoms with Crippen LogP contribution in [0.2, 0.25) is 0 Å². The molecule has 4 rings (SSSR count). The van der Waals surface area contributed by atoms with E-state index in [1.54, 1.807) is 23.8 Å². The summed E-state index contributed by atoms with van der Waals surface area (Å²) in [5, 5.41) is 12.5. The predicted molar refractivity (Wildman–Crippen MR) is 106 cm³/mol. The number of hydrogen-bond acceptors (Lipinski definition) is 6. The van der Waals surface area contributed by atoms with E-state index >= 15 is 0 Å². The van der Waals surface area contributed by atoms with E-state index in [4.69, 9.17) is 9.15 Å². The largest absolute Gasteiger partial charge is 0.444 e. The smallest absolute Gasteiger partial charge is 0.292 e. The fourth-order valence-electron chi connectivity index (χ4n) is 2.94. The molecule has 1 N–H and O–H groups in total. The summed E-state index contributed by atoms with van der Waals surface area (Å²) in [5.74, 6) is -0.0546. The molecule has 8 nitrogen and oxygen atoms in total. The van der Waals surface area contributed by atoms with Gasteiger partial charge in [-0.25, -0.2) is 9.97 Å². The minimum absolute atomic E-state index is 0.116. The molecule has 0 aliphatic carbocycles. The van der Waals surface area contributed by atoms with Gasteiger partial charge in [-0.3, -0.25) is 4.79 Å². The van der Waals surface area contributed by atoms with E-state index in [2.05, 4.69) is 37.3 Å². The van der Waals surface area contributed by atoms with E-state index < -0.39 is 5.91 Å². The molecule has 3 heterocycles. The molecule has 0 atom stereocenters. The van der Waals surface area contributed by atoms with Gasteiger partial charge < -0.3 is 19.0 Å². The zero-order valence-corrected chi connectivity index (χ0v) is 16.4. The summed E-state index contributed by atoms with van der Waals surface area (Å²) in [6.07, 6.45) is 0. The Kier molecular flexibility index (Phi) is 4.81. The number of nitrogens with one attached hydrogen (secondary N) is 1. The molecule has 0 unspecified atom stereocenters. The number of carbonyl (C=O) groups excluding carboxylic acids is 1. The van der Waals surface area contributed by atoms with E-state index in [9.17, 15) is 10.1 Å². The molecular weight excluding hydrogens is 426 g/mol. The molecule has 0 saturated heterocycles. The number of fused-ring (bicyclic) bond motifs is 2. The average Bonchev–Trinajstić information content (AvgIpc) is 3.25. The minimum atomic E-state index is -0.478. The van der Waals surface area contributed by atoms with Crippen LogP contribution < -0.4 is 5.32 Å². The number of nitriles is 1. The Morgan fingerprint density at radius 2 is 2.04 bits per heavy atom. The lowest BCUT2D eigenvalue weighted by molar-refractivity contribution is 0.0994. The standard InChI is InChI=1S/C19H14BrN5O3/c1-27-9-8-25-17(24-19(26)14-6-7-15(20)28-14)11(10-21)16-18(25)23-13-5-3-2-4-12(13)22-16/h2-7H,8-9H2,1H3,(H,24,26). The Bertz CT molecular complexity index is 1240. The first-order valence-electron chi connectivity index (χ1n) is 8.37. The van der Waals surface area contributed by atoms with Crippen molar-refractivity contribution in [2.24, 2.45) is 0 Å². The van der Waals surface area contributed by atoms with Gasteiger partial charge in [-0.2, -0.15) is 5.26 Å². The molecule has 4 aromatic rings. The van der Waals surface area contributed by atoms with E-state index in [0.717, 1.165) is 0 Å². The fourth-order valence-corrected chi connectivity index (χ4v) is 3.25. The Balaban J connectivity index is 1.90. The molecule has 0 aliphatic rings. The number of benzene rings is 1. The van der Waals surface area contributed by atoms with E-state index in [1.807, 2.05) is 24.3 Å². The third kappa shape index (κ3) is 3.13. The maximum absolute atomic E-state index is 12.6. The van der Waals surface area contributed by atoms with Crippen LogP contribution in [0.25, 0.3) is 22.2 Å². The van der Waals surface area contributed by atoms with Crippen molar-refractivity contribution in [1.82, 2.24) is 14.5 Å². The summed E-state index contributed by atoms with van der Waals surface area (Å²) in [6.45, 7) is 0.761. The zero-order chi connectivity index (χ0) is 19.7. The molecule has 0 bridgehead atoms. The van der Waals surface area contributed by atoms with Crippen molar-refractivity contribution >= 4 is 49.9 Å². The lowest BCUT2D eigenvalue weighted by Crippen LogP contribution is -2.17. The van der Waals surface area contributed by atoms with Crippen molar-refractivity contribution in [2.45, 2.75) is 6.54 Å². The molecule has 1 amide bonds. The molecule has 9 heteroatoms. The van der Waals surface area contributed by atoms with Crippen LogP contribution in [-0.2, 0) is 11.3 Å². The Hall–Kier alpha value is -3.22. The number of aromatic nitrogens is 3. The number of nitrogens with zero attached hydrogens (tertiary/aromatic N) is 4. The van der Waals surface area contributed by atoms with Crippen LogP contribution in [0.15, 0.2) is 45.5 Å². The summed E-state index contributed by atoms with van der Waals surface area (Å²) in [7, 11) is 1.58. The van der Waals surface area contributed by atoms with Gasteiger partial charge >= 0.3 is 0 Å². The monoisotopic (exact) mass is 439 g/mol. The number of ether oxygens (including phenoxy) is 1. The van der Waals surface area contributed by atoms with E-state index in [1.165, 1.54) is 0 Å². The molecule has 0 aliphatic heterocycles. The number of para-hydroxylation sites is 2. The number of hydrogen-bond donors (Lipinski definition) is 1. The highest BCUT2D eigenvalue weighted by molar-refractivity contribution is 9.10. The van der Waals surface area contributed by atoms with Crippen molar-refractivity contribution < 1.29 is 13.9 Å². The van der Waals surface area contributed by atoms with Crippen LogP contribution in [0.3, 0.4) is 0 Å². The van der Waals surface area contributed by atoms with Gasteiger partial charge in [0.15, 0.2) is 16.1 Å². The summed E-state index contributed by atoms with van der Waals surface area (Å²) >= 11 is 3.17. The van der Waals surface area contributed by atoms with Gasteiger partial charge in [0.05, 0.1) is 17.6 Å². The van der Waals surface area contributed by atoms with Gasteiger partial charge in [0, 0.05) is 13.7 Å². The van der Waals surface area contributed by atoms with Crippen LogP contribution in [0, 0.1) is 11.3 Å². The van der Waals surface area contributed by atoms with Crippen LogP contribution in [-0.4, -0.2) is 34.2 Å². The second-order valence-corrected chi connectivity index (χ2v) is 6.70. The summed E-state index contributed by atoms with van der Waals surface area (Å²) in [6, 6.07) is 12.7. The Morgan fingerprint density at radius 1 is 1.29 bits per heavy atom. The number of carbonyl (C=O) groups is 1. The molecule has 0 radical (unpaired) electrons. The van der Waals surface area contributed by atoms with Gasteiger partial charge in [-0.05, 0) is 40.2 Å². The number of rotatable bonds is 5. The van der Waals surface area contributed by atoms with Gasteiger partial charge in [0.25, 0.3) is 5.91 Å². The summed E-state index contributed by atoms with van der Waals surface area (Å²) in [4.78, 5) is 21.9. The highest BCUT2D eigenvalue weighted by atomic mass is 79.9. The number of halogens is 1. The zero-order valence-electron chi connectivity index (χ0n) is 14.8. The summed E-state index contributed by atoms with van der Waals surface area (Å²) in [5.41, 5.74) is 2.53. The molecule has 0 spiro atoms. The van der Waals surface area contributed by atoms with Crippen LogP contribution in [0.4, 0.5) is 5.82 Å². The van der Waals surface area contributed by atoms with Crippen molar-refractivity contribution in [2.75, 3.05) is 19.0 Å². The average molecular weight is 440 g/mol. The van der Waals surface area contributed by atoms with Gasteiger partial charge in [-0.1, -0.05) is 12.1 Å². The quantitative estimate of drug-likeness (QED) is 0.507. The van der Waals surface area contributed by atoms with Crippen LogP contribution in [0.5, 0.6) is 0 Å². The van der Waals surface area contributed by atoms with E-state index in [0.29, 0.717) is 45.8 Å². The van der Waals surface area contributed by atoms with Crippen LogP contribution >= 0.6 is 15.9 Å². The normalized spacial score (nSPS) is 11.0. The highest BCUT2D eigenvalue weighted by Gasteiger charge is 2.23. The first-order valence-corrected chi connectivity index (χ1v) is 9.16. The molecule has 1 aromatic carbocycles.